The van der Waals surface area contributed by atoms with Crippen molar-refractivity contribution in [1.82, 2.24) is 14.4 Å². The summed E-state index contributed by atoms with van der Waals surface area (Å²) in [7, 11) is 1.67. The summed E-state index contributed by atoms with van der Waals surface area (Å²) in [5, 5.41) is 3.52. The van der Waals surface area contributed by atoms with Crippen molar-refractivity contribution in [2.75, 3.05) is 25.6 Å². The zero-order valence-corrected chi connectivity index (χ0v) is 13.6. The first-order chi connectivity index (χ1) is 11.8. The van der Waals surface area contributed by atoms with Gasteiger partial charge in [-0.15, -0.1) is 0 Å². The maximum absolute atomic E-state index is 5.72. The molecule has 3 heterocycles. The number of ether oxygens (including phenoxy) is 2. The minimum Gasteiger partial charge on any atom is -0.497 e. The Morgan fingerprint density at radius 3 is 3.21 bits per heavy atom. The predicted molar refractivity (Wildman–Crippen MR) is 92.4 cm³/mol. The van der Waals surface area contributed by atoms with E-state index in [0.717, 1.165) is 54.5 Å². The second-order valence-electron chi connectivity index (χ2n) is 5.86. The Morgan fingerprint density at radius 2 is 2.38 bits per heavy atom. The van der Waals surface area contributed by atoms with Crippen LogP contribution in [0.25, 0.3) is 16.9 Å². The fourth-order valence-corrected chi connectivity index (χ4v) is 3.06. The molecule has 0 saturated carbocycles. The molecule has 2 aromatic heterocycles. The molecule has 24 heavy (non-hydrogen) atoms. The fraction of sp³-hybridized carbons (Fsp3) is 0.333. The third-order valence-corrected chi connectivity index (χ3v) is 4.29. The number of hydrogen-bond acceptors (Lipinski definition) is 5. The lowest BCUT2D eigenvalue weighted by molar-refractivity contribution is 0.120. The van der Waals surface area contributed by atoms with E-state index in [1.54, 1.807) is 19.5 Å². The third-order valence-electron chi connectivity index (χ3n) is 4.29. The van der Waals surface area contributed by atoms with E-state index in [1.165, 1.54) is 0 Å². The Hall–Kier alpha value is -2.60. The lowest BCUT2D eigenvalue weighted by Crippen LogP contribution is -2.19. The monoisotopic (exact) mass is 324 g/mol. The number of fused-ring (bicyclic) bond motifs is 1. The third kappa shape index (κ3) is 2.80. The SMILES string of the molecule is COc1cccc(-c2nc3cnccn3c2NCC2CCCO2)c1. The molecule has 124 valence electrons. The van der Waals surface area contributed by atoms with E-state index >= 15 is 0 Å². The summed E-state index contributed by atoms with van der Waals surface area (Å²) in [5.41, 5.74) is 2.71. The molecule has 1 aliphatic rings. The van der Waals surface area contributed by atoms with Gasteiger partial charge in [0.25, 0.3) is 0 Å². The first kappa shape index (κ1) is 15.0. The first-order valence-electron chi connectivity index (χ1n) is 8.17. The quantitative estimate of drug-likeness (QED) is 0.782. The Balaban J connectivity index is 1.74. The van der Waals surface area contributed by atoms with Gasteiger partial charge in [0.2, 0.25) is 0 Å². The standard InChI is InChI=1S/C18H20N4O2/c1-23-14-5-2-4-13(10-14)17-18(20-11-15-6-3-9-24-15)22-8-7-19-12-16(22)21-17/h2,4-5,7-8,10,12,15,20H,3,6,9,11H2,1H3. The van der Waals surface area contributed by atoms with Crippen LogP contribution in [0.1, 0.15) is 12.8 Å². The molecule has 6 heteroatoms. The smallest absolute Gasteiger partial charge is 0.157 e. The number of rotatable bonds is 5. The van der Waals surface area contributed by atoms with Crippen LogP contribution in [-0.2, 0) is 4.74 Å². The van der Waals surface area contributed by atoms with Gasteiger partial charge in [-0.25, -0.2) is 4.98 Å². The minimum atomic E-state index is 0.260. The van der Waals surface area contributed by atoms with Crippen LogP contribution in [-0.4, -0.2) is 40.7 Å². The van der Waals surface area contributed by atoms with Crippen LogP contribution in [0.15, 0.2) is 42.9 Å². The summed E-state index contributed by atoms with van der Waals surface area (Å²) < 4.78 is 13.1. The highest BCUT2D eigenvalue weighted by molar-refractivity contribution is 5.77. The van der Waals surface area contributed by atoms with Crippen LogP contribution in [0.4, 0.5) is 5.82 Å². The summed E-state index contributed by atoms with van der Waals surface area (Å²) in [6.07, 6.45) is 7.94. The molecule has 0 radical (unpaired) electrons. The zero-order chi connectivity index (χ0) is 16.4. The molecule has 0 aliphatic carbocycles. The molecule has 0 amide bonds. The molecule has 0 bridgehead atoms. The summed E-state index contributed by atoms with van der Waals surface area (Å²) >= 11 is 0. The Bertz CT molecular complexity index is 840. The molecular formula is C18H20N4O2. The Kier molecular flexibility index (Phi) is 4.04. The van der Waals surface area contributed by atoms with E-state index in [-0.39, 0.29) is 6.10 Å². The molecule has 0 spiro atoms. The van der Waals surface area contributed by atoms with Crippen LogP contribution in [0.3, 0.4) is 0 Å². The molecule has 1 N–H and O–H groups in total. The normalized spacial score (nSPS) is 17.3. The maximum atomic E-state index is 5.72. The maximum Gasteiger partial charge on any atom is 0.157 e. The van der Waals surface area contributed by atoms with Gasteiger partial charge in [0.1, 0.15) is 17.3 Å². The van der Waals surface area contributed by atoms with E-state index in [9.17, 15) is 0 Å². The van der Waals surface area contributed by atoms with Crippen LogP contribution in [0.5, 0.6) is 5.75 Å². The summed E-state index contributed by atoms with van der Waals surface area (Å²) in [6.45, 7) is 1.62. The van der Waals surface area contributed by atoms with E-state index in [0.29, 0.717) is 0 Å². The molecule has 1 aromatic carbocycles. The highest BCUT2D eigenvalue weighted by Gasteiger charge is 2.19. The number of anilines is 1. The van der Waals surface area contributed by atoms with Crippen molar-refractivity contribution in [3.63, 3.8) is 0 Å². The van der Waals surface area contributed by atoms with Crippen molar-refractivity contribution in [1.29, 1.82) is 0 Å². The van der Waals surface area contributed by atoms with Gasteiger partial charge >= 0.3 is 0 Å². The van der Waals surface area contributed by atoms with Gasteiger partial charge in [-0.1, -0.05) is 12.1 Å². The topological polar surface area (TPSA) is 60.7 Å². The molecule has 6 nitrogen and oxygen atoms in total. The van der Waals surface area contributed by atoms with Crippen molar-refractivity contribution in [3.8, 4) is 17.0 Å². The van der Waals surface area contributed by atoms with E-state index in [1.807, 2.05) is 34.9 Å². The van der Waals surface area contributed by atoms with Crippen molar-refractivity contribution in [2.24, 2.45) is 0 Å². The molecule has 1 saturated heterocycles. The van der Waals surface area contributed by atoms with Gasteiger partial charge in [-0.2, -0.15) is 0 Å². The highest BCUT2D eigenvalue weighted by Crippen LogP contribution is 2.31. The predicted octanol–water partition coefficient (Wildman–Crippen LogP) is 3.00. The molecule has 1 fully saturated rings. The van der Waals surface area contributed by atoms with Crippen molar-refractivity contribution < 1.29 is 9.47 Å². The summed E-state index contributed by atoms with van der Waals surface area (Å²) in [6, 6.07) is 7.93. The van der Waals surface area contributed by atoms with Crippen molar-refractivity contribution in [2.45, 2.75) is 18.9 Å². The molecular weight excluding hydrogens is 304 g/mol. The molecule has 1 aliphatic heterocycles. The molecule has 1 unspecified atom stereocenters. The number of nitrogens with one attached hydrogen (secondary N) is 1. The van der Waals surface area contributed by atoms with Crippen LogP contribution < -0.4 is 10.1 Å². The van der Waals surface area contributed by atoms with Crippen LogP contribution >= 0.6 is 0 Å². The fourth-order valence-electron chi connectivity index (χ4n) is 3.06. The number of aromatic nitrogens is 3. The van der Waals surface area contributed by atoms with Gasteiger partial charge in [-0.3, -0.25) is 9.38 Å². The van der Waals surface area contributed by atoms with Crippen molar-refractivity contribution >= 4 is 11.5 Å². The molecule has 3 aromatic rings. The highest BCUT2D eigenvalue weighted by atomic mass is 16.5. The largest absolute Gasteiger partial charge is 0.497 e. The average Bonchev–Trinajstić information content (AvgIpc) is 3.27. The van der Waals surface area contributed by atoms with Gasteiger partial charge in [0.15, 0.2) is 5.65 Å². The Labute approximate surface area is 140 Å². The van der Waals surface area contributed by atoms with Gasteiger partial charge < -0.3 is 14.8 Å². The summed E-state index contributed by atoms with van der Waals surface area (Å²) in [4.78, 5) is 8.92. The van der Waals surface area contributed by atoms with Crippen molar-refractivity contribution in [3.05, 3.63) is 42.9 Å². The molecule has 1 atom stereocenters. The van der Waals surface area contributed by atoms with E-state index < -0.39 is 0 Å². The lowest BCUT2D eigenvalue weighted by atomic mass is 10.1. The van der Waals surface area contributed by atoms with Crippen LogP contribution in [0, 0.1) is 0 Å². The number of hydrogen-bond donors (Lipinski definition) is 1. The van der Waals surface area contributed by atoms with E-state index in [2.05, 4.69) is 10.3 Å². The zero-order valence-electron chi connectivity index (χ0n) is 13.6. The number of methoxy groups -OCH3 is 1. The number of imidazole rings is 1. The number of nitrogens with zero attached hydrogens (tertiary/aromatic N) is 3. The number of benzene rings is 1. The Morgan fingerprint density at radius 1 is 1.42 bits per heavy atom. The second kappa shape index (κ2) is 6.49. The average molecular weight is 324 g/mol. The first-order valence-corrected chi connectivity index (χ1v) is 8.17. The molecule has 4 rings (SSSR count). The van der Waals surface area contributed by atoms with E-state index in [4.69, 9.17) is 14.5 Å². The van der Waals surface area contributed by atoms with Crippen LogP contribution in [0.2, 0.25) is 0 Å². The minimum absolute atomic E-state index is 0.260. The van der Waals surface area contributed by atoms with Gasteiger partial charge in [-0.05, 0) is 25.0 Å². The lowest BCUT2D eigenvalue weighted by Gasteiger charge is -2.13. The van der Waals surface area contributed by atoms with Gasteiger partial charge in [0, 0.05) is 31.1 Å². The van der Waals surface area contributed by atoms with Gasteiger partial charge in [0.05, 0.1) is 19.4 Å². The summed E-state index contributed by atoms with van der Waals surface area (Å²) in [5.74, 6) is 1.77. The second-order valence-corrected chi connectivity index (χ2v) is 5.86.